The second-order valence-electron chi connectivity index (χ2n) is 7.05. The lowest BCUT2D eigenvalue weighted by Gasteiger charge is -2.29. The summed E-state index contributed by atoms with van der Waals surface area (Å²) in [6, 6.07) is 4.44. The molecule has 0 spiro atoms. The van der Waals surface area contributed by atoms with Crippen LogP contribution in [0.15, 0.2) is 18.2 Å². The van der Waals surface area contributed by atoms with Gasteiger partial charge in [-0.05, 0) is 31.4 Å². The molecule has 1 aromatic carbocycles. The second-order valence-corrected chi connectivity index (χ2v) is 7.05. The van der Waals surface area contributed by atoms with E-state index in [9.17, 15) is 24.0 Å². The topological polar surface area (TPSA) is 113 Å². The molecule has 0 aliphatic carbocycles. The summed E-state index contributed by atoms with van der Waals surface area (Å²) in [7, 11) is 0. The Morgan fingerprint density at radius 2 is 2.04 bits per heavy atom. The van der Waals surface area contributed by atoms with E-state index < -0.39 is 11.9 Å². The van der Waals surface area contributed by atoms with Crippen molar-refractivity contribution in [3.8, 4) is 0 Å². The Morgan fingerprint density at radius 3 is 2.79 bits per heavy atom. The molecule has 28 heavy (non-hydrogen) atoms. The van der Waals surface area contributed by atoms with Gasteiger partial charge in [0.1, 0.15) is 12.3 Å². The van der Waals surface area contributed by atoms with Gasteiger partial charge in [-0.3, -0.25) is 24.5 Å². The summed E-state index contributed by atoms with van der Waals surface area (Å²) in [6.07, 6.45) is 4.49. The minimum Gasteiger partial charge on any atom is -0.326 e. The Bertz CT molecular complexity index is 820. The van der Waals surface area contributed by atoms with Crippen molar-refractivity contribution in [2.45, 2.75) is 57.5 Å². The van der Waals surface area contributed by atoms with Crippen LogP contribution in [-0.2, 0) is 25.7 Å². The molecule has 8 nitrogen and oxygen atoms in total. The predicted octanol–water partition coefficient (Wildman–Crippen LogP) is 1.54. The minimum absolute atomic E-state index is 0.147. The molecule has 8 heteroatoms. The lowest BCUT2D eigenvalue weighted by atomic mass is 10.0. The highest BCUT2D eigenvalue weighted by Gasteiger charge is 2.39. The molecule has 4 amide bonds. The summed E-state index contributed by atoms with van der Waals surface area (Å²) < 4.78 is 0. The van der Waals surface area contributed by atoms with Crippen molar-refractivity contribution in [2.24, 2.45) is 0 Å². The van der Waals surface area contributed by atoms with Gasteiger partial charge in [0, 0.05) is 42.6 Å². The zero-order valence-corrected chi connectivity index (χ0v) is 15.5. The second kappa shape index (κ2) is 8.77. The molecule has 1 fully saturated rings. The molecule has 0 bridgehead atoms. The van der Waals surface area contributed by atoms with E-state index in [1.54, 1.807) is 18.2 Å². The van der Waals surface area contributed by atoms with Crippen LogP contribution in [0, 0.1) is 0 Å². The van der Waals surface area contributed by atoms with E-state index in [4.69, 9.17) is 0 Å². The number of hydrogen-bond acceptors (Lipinski definition) is 5. The first-order valence-electron chi connectivity index (χ1n) is 9.51. The molecule has 2 N–H and O–H groups in total. The standard InChI is InChI=1S/C20H23N3O5/c24-11-4-2-1-3-8-17(25)21-15-7-5-6-13-14(15)12-23(20(13)28)16-9-10-18(26)22-19(16)27/h5-7,11,16H,1-4,8-10,12H2,(H,21,25)(H,22,26,27). The third kappa shape index (κ3) is 4.27. The zero-order valence-electron chi connectivity index (χ0n) is 15.5. The van der Waals surface area contributed by atoms with Gasteiger partial charge < -0.3 is 15.0 Å². The number of nitrogens with one attached hydrogen (secondary N) is 2. The largest absolute Gasteiger partial charge is 0.326 e. The maximum atomic E-state index is 12.8. The molecular formula is C20H23N3O5. The summed E-state index contributed by atoms with van der Waals surface area (Å²) in [5, 5.41) is 5.13. The molecular weight excluding hydrogens is 362 g/mol. The average Bonchev–Trinajstić information content (AvgIpc) is 2.99. The van der Waals surface area contributed by atoms with Crippen molar-refractivity contribution in [3.05, 3.63) is 29.3 Å². The van der Waals surface area contributed by atoms with E-state index in [-0.39, 0.29) is 30.7 Å². The van der Waals surface area contributed by atoms with Crippen LogP contribution in [0.2, 0.25) is 0 Å². The van der Waals surface area contributed by atoms with Gasteiger partial charge >= 0.3 is 0 Å². The number of hydrogen-bond donors (Lipinski definition) is 2. The summed E-state index contributed by atoms with van der Waals surface area (Å²) in [5.74, 6) is -1.20. The van der Waals surface area contributed by atoms with Crippen LogP contribution in [0.3, 0.4) is 0 Å². The molecule has 0 saturated carbocycles. The molecule has 2 aliphatic rings. The highest BCUT2D eigenvalue weighted by molar-refractivity contribution is 6.06. The maximum absolute atomic E-state index is 12.8. The van der Waals surface area contributed by atoms with E-state index in [2.05, 4.69) is 10.6 Å². The monoisotopic (exact) mass is 385 g/mol. The number of nitrogens with zero attached hydrogens (tertiary/aromatic N) is 1. The first-order chi connectivity index (χ1) is 13.5. The number of amides is 4. The smallest absolute Gasteiger partial charge is 0.255 e. The quantitative estimate of drug-likeness (QED) is 0.400. The van der Waals surface area contributed by atoms with Crippen LogP contribution in [0.1, 0.15) is 60.9 Å². The molecule has 148 valence electrons. The van der Waals surface area contributed by atoms with Crippen molar-refractivity contribution in [1.82, 2.24) is 10.2 Å². The summed E-state index contributed by atoms with van der Waals surface area (Å²) in [4.78, 5) is 60.2. The molecule has 3 rings (SSSR count). The average molecular weight is 385 g/mol. The number of piperidine rings is 1. The highest BCUT2D eigenvalue weighted by atomic mass is 16.2. The zero-order chi connectivity index (χ0) is 20.1. The molecule has 2 heterocycles. The fraction of sp³-hybridized carbons (Fsp3) is 0.450. The summed E-state index contributed by atoms with van der Waals surface area (Å²) in [6.45, 7) is 0.218. The van der Waals surface area contributed by atoms with Gasteiger partial charge in [0.05, 0.1) is 0 Å². The van der Waals surface area contributed by atoms with Crippen molar-refractivity contribution < 1.29 is 24.0 Å². The number of imide groups is 1. The van der Waals surface area contributed by atoms with Crippen molar-refractivity contribution in [2.75, 3.05) is 5.32 Å². The van der Waals surface area contributed by atoms with E-state index in [0.717, 1.165) is 19.1 Å². The van der Waals surface area contributed by atoms with Crippen LogP contribution >= 0.6 is 0 Å². The Kier molecular flexibility index (Phi) is 6.18. The number of rotatable bonds is 8. The minimum atomic E-state index is -0.682. The van der Waals surface area contributed by atoms with Crippen molar-refractivity contribution >= 4 is 35.6 Å². The third-order valence-corrected chi connectivity index (χ3v) is 5.08. The van der Waals surface area contributed by atoms with Gasteiger partial charge in [-0.1, -0.05) is 12.5 Å². The summed E-state index contributed by atoms with van der Waals surface area (Å²) in [5.41, 5.74) is 1.72. The van der Waals surface area contributed by atoms with Gasteiger partial charge in [0.15, 0.2) is 0 Å². The van der Waals surface area contributed by atoms with Gasteiger partial charge in [-0.25, -0.2) is 0 Å². The van der Waals surface area contributed by atoms with Gasteiger partial charge in [-0.2, -0.15) is 0 Å². The molecule has 1 atom stereocenters. The van der Waals surface area contributed by atoms with Gasteiger partial charge in [0.2, 0.25) is 17.7 Å². The van der Waals surface area contributed by atoms with Crippen molar-refractivity contribution in [3.63, 3.8) is 0 Å². The number of carbonyl (C=O) groups is 5. The molecule has 0 aromatic heterocycles. The van der Waals surface area contributed by atoms with Crippen LogP contribution < -0.4 is 10.6 Å². The van der Waals surface area contributed by atoms with Gasteiger partial charge in [0.25, 0.3) is 5.91 Å². The number of aldehydes is 1. The number of unbranched alkanes of at least 4 members (excludes halogenated alkanes) is 3. The Balaban J connectivity index is 1.65. The first kappa shape index (κ1) is 19.7. The third-order valence-electron chi connectivity index (χ3n) is 5.08. The van der Waals surface area contributed by atoms with E-state index >= 15 is 0 Å². The number of fused-ring (bicyclic) bond motifs is 1. The van der Waals surface area contributed by atoms with Crippen LogP contribution in [0.4, 0.5) is 5.69 Å². The lowest BCUT2D eigenvalue weighted by molar-refractivity contribution is -0.137. The Hall–Kier alpha value is -3.03. The van der Waals surface area contributed by atoms with E-state index in [1.165, 1.54) is 4.90 Å². The molecule has 1 aromatic rings. The maximum Gasteiger partial charge on any atom is 0.255 e. The predicted molar refractivity (Wildman–Crippen MR) is 100 cm³/mol. The Labute approximate surface area is 162 Å². The Morgan fingerprint density at radius 1 is 1.21 bits per heavy atom. The van der Waals surface area contributed by atoms with Crippen LogP contribution in [0.5, 0.6) is 0 Å². The van der Waals surface area contributed by atoms with Gasteiger partial charge in [-0.15, -0.1) is 0 Å². The van der Waals surface area contributed by atoms with E-state index in [1.807, 2.05) is 0 Å². The van der Waals surface area contributed by atoms with Crippen LogP contribution in [-0.4, -0.2) is 40.9 Å². The SMILES string of the molecule is O=CCCCCCC(=O)Nc1cccc2c1CN(C1CCC(=O)NC1=O)C2=O. The molecule has 1 saturated heterocycles. The van der Waals surface area contributed by atoms with Crippen molar-refractivity contribution in [1.29, 1.82) is 0 Å². The molecule has 0 radical (unpaired) electrons. The fourth-order valence-electron chi connectivity index (χ4n) is 3.61. The molecule has 1 unspecified atom stereocenters. The number of benzene rings is 1. The molecule has 2 aliphatic heterocycles. The first-order valence-corrected chi connectivity index (χ1v) is 9.51. The van der Waals surface area contributed by atoms with E-state index in [0.29, 0.717) is 42.5 Å². The lowest BCUT2D eigenvalue weighted by Crippen LogP contribution is -2.52. The summed E-state index contributed by atoms with van der Waals surface area (Å²) >= 11 is 0. The number of carbonyl (C=O) groups excluding carboxylic acids is 5. The van der Waals surface area contributed by atoms with Crippen LogP contribution in [0.25, 0.3) is 0 Å². The fourth-order valence-corrected chi connectivity index (χ4v) is 3.61. The normalized spacial score (nSPS) is 18.6. The number of anilines is 1. The highest BCUT2D eigenvalue weighted by Crippen LogP contribution is 2.32.